The minimum atomic E-state index is -2.90. The van der Waals surface area contributed by atoms with Gasteiger partial charge in [0.15, 0.2) is 0 Å². The molecule has 1 N–H and O–H groups in total. The van der Waals surface area contributed by atoms with E-state index >= 15 is 0 Å². The van der Waals surface area contributed by atoms with Gasteiger partial charge in [0, 0.05) is 69.8 Å². The Labute approximate surface area is 242 Å². The molecule has 6 rings (SSSR count). The number of rotatable bonds is 7. The zero-order valence-corrected chi connectivity index (χ0v) is 22.9. The molecule has 1 aromatic carbocycles. The van der Waals surface area contributed by atoms with E-state index in [9.17, 15) is 18.0 Å². The zero-order chi connectivity index (χ0) is 28.9. The van der Waals surface area contributed by atoms with Crippen molar-refractivity contribution in [2.45, 2.75) is 27.3 Å². The molecule has 0 spiro atoms. The number of nitrogens with zero attached hydrogens (tertiary/aromatic N) is 6. The van der Waals surface area contributed by atoms with Gasteiger partial charge in [0.05, 0.1) is 36.4 Å². The number of amides is 1. The molecule has 0 aliphatic carbocycles. The number of nitrogens with one attached hydrogen (secondary N) is 1. The van der Waals surface area contributed by atoms with E-state index < -0.39 is 17.8 Å². The Balaban J connectivity index is 0.000000763. The first-order valence-corrected chi connectivity index (χ1v) is 13.4. The number of methoxy groups -OCH3 is 1. The molecular formula is C29H36F3N7O3. The average molecular weight is 588 g/mol. The molecule has 0 radical (unpaired) electrons. The number of piperazine rings is 1. The van der Waals surface area contributed by atoms with Crippen molar-refractivity contribution in [2.75, 3.05) is 63.3 Å². The number of anilines is 2. The SMILES string of the molecule is C.CCOC.O=C(C1COC1)N1CCN(c2cc3c(NCc4cccc(C(F)F)c4F)nc4nccn4c3cn2)CC1. The van der Waals surface area contributed by atoms with Crippen LogP contribution in [0.5, 0.6) is 0 Å². The predicted molar refractivity (Wildman–Crippen MR) is 154 cm³/mol. The summed E-state index contributed by atoms with van der Waals surface area (Å²) in [5.41, 5.74) is 0.229. The largest absolute Gasteiger partial charge is 0.385 e. The smallest absolute Gasteiger partial charge is 0.266 e. The highest BCUT2D eigenvalue weighted by molar-refractivity contribution is 5.92. The third kappa shape index (κ3) is 6.41. The molecular weight excluding hydrogens is 551 g/mol. The molecule has 4 aromatic rings. The molecule has 2 aliphatic rings. The molecule has 13 heteroatoms. The Morgan fingerprint density at radius 1 is 1.19 bits per heavy atom. The van der Waals surface area contributed by atoms with Crippen molar-refractivity contribution in [3.63, 3.8) is 0 Å². The van der Waals surface area contributed by atoms with Crippen LogP contribution in [0.3, 0.4) is 0 Å². The topological polar surface area (TPSA) is 97.1 Å². The summed E-state index contributed by atoms with van der Waals surface area (Å²) < 4.78 is 52.4. The Kier molecular flexibility index (Phi) is 10.2. The zero-order valence-electron chi connectivity index (χ0n) is 22.9. The standard InChI is InChI=1S/C25H24F3N7O2.C3H8O.CH4/c26-21-15(2-1-3-17(21)22(27)28)11-31-23-18-10-20(30-12-19(18)35-5-4-29-25(35)32-23)33-6-8-34(9-7-33)24(36)16-13-37-14-16;1-3-4-2;/h1-5,10,12,16,22H,6-9,11,13-14H2,(H,29,31,32);3H2,1-2H3;1H4. The lowest BCUT2D eigenvalue weighted by Crippen LogP contribution is -2.53. The van der Waals surface area contributed by atoms with Crippen molar-refractivity contribution in [3.05, 3.63) is 59.8 Å². The van der Waals surface area contributed by atoms with Crippen molar-refractivity contribution in [1.29, 1.82) is 0 Å². The van der Waals surface area contributed by atoms with E-state index in [4.69, 9.17) is 4.74 Å². The fourth-order valence-electron chi connectivity index (χ4n) is 4.73. The molecule has 226 valence electrons. The van der Waals surface area contributed by atoms with E-state index in [0.29, 0.717) is 51.0 Å². The fourth-order valence-corrected chi connectivity index (χ4v) is 4.73. The number of benzene rings is 1. The number of pyridine rings is 1. The lowest BCUT2D eigenvalue weighted by molar-refractivity contribution is -0.150. The summed E-state index contributed by atoms with van der Waals surface area (Å²) in [7, 11) is 1.68. The second-order valence-electron chi connectivity index (χ2n) is 9.72. The number of hydrogen-bond acceptors (Lipinski definition) is 8. The number of fused-ring (bicyclic) bond motifs is 3. The van der Waals surface area contributed by atoms with Crippen molar-refractivity contribution in [3.8, 4) is 0 Å². The van der Waals surface area contributed by atoms with Crippen LogP contribution in [0.25, 0.3) is 16.7 Å². The molecule has 0 unspecified atom stereocenters. The van der Waals surface area contributed by atoms with E-state index in [0.717, 1.165) is 29.4 Å². The molecule has 0 bridgehead atoms. The van der Waals surface area contributed by atoms with Gasteiger partial charge in [-0.2, -0.15) is 4.98 Å². The van der Waals surface area contributed by atoms with E-state index in [1.807, 2.05) is 17.9 Å². The number of imidazole rings is 1. The van der Waals surface area contributed by atoms with Crippen molar-refractivity contribution >= 4 is 34.2 Å². The minimum absolute atomic E-state index is 0. The highest BCUT2D eigenvalue weighted by Crippen LogP contribution is 2.29. The van der Waals surface area contributed by atoms with Crippen molar-refractivity contribution in [1.82, 2.24) is 24.3 Å². The summed E-state index contributed by atoms with van der Waals surface area (Å²) in [4.78, 5) is 30.0. The van der Waals surface area contributed by atoms with Gasteiger partial charge in [-0.15, -0.1) is 0 Å². The number of aromatic nitrogens is 4. The highest BCUT2D eigenvalue weighted by Gasteiger charge is 2.32. The molecule has 2 saturated heterocycles. The number of halogens is 3. The first-order valence-electron chi connectivity index (χ1n) is 13.4. The predicted octanol–water partition coefficient (Wildman–Crippen LogP) is 4.55. The van der Waals surface area contributed by atoms with Gasteiger partial charge in [-0.1, -0.05) is 25.6 Å². The first kappa shape index (κ1) is 31.0. The van der Waals surface area contributed by atoms with Crippen LogP contribution in [0.15, 0.2) is 42.9 Å². The quantitative estimate of drug-likeness (QED) is 0.337. The number of alkyl halides is 2. The summed E-state index contributed by atoms with van der Waals surface area (Å²) in [6, 6.07) is 5.86. The lowest BCUT2D eigenvalue weighted by Gasteiger charge is -2.38. The Hall–Kier alpha value is -3.97. The van der Waals surface area contributed by atoms with Gasteiger partial charge in [-0.3, -0.25) is 9.20 Å². The van der Waals surface area contributed by atoms with Crippen LogP contribution in [0.4, 0.5) is 24.8 Å². The molecule has 2 fully saturated rings. The molecule has 5 heterocycles. The second kappa shape index (κ2) is 13.8. The third-order valence-corrected chi connectivity index (χ3v) is 7.20. The second-order valence-corrected chi connectivity index (χ2v) is 9.72. The highest BCUT2D eigenvalue weighted by atomic mass is 19.3. The number of carbonyl (C=O) groups is 1. The summed E-state index contributed by atoms with van der Waals surface area (Å²) in [5.74, 6) is 0.769. The van der Waals surface area contributed by atoms with Crippen LogP contribution < -0.4 is 10.2 Å². The lowest BCUT2D eigenvalue weighted by atomic mass is 10.1. The van der Waals surface area contributed by atoms with Gasteiger partial charge in [-0.25, -0.2) is 23.1 Å². The average Bonchev–Trinajstić information content (AvgIpc) is 3.44. The molecule has 42 heavy (non-hydrogen) atoms. The summed E-state index contributed by atoms with van der Waals surface area (Å²) in [6.45, 7) is 6.19. The number of carbonyl (C=O) groups excluding carboxylic acids is 1. The monoisotopic (exact) mass is 587 g/mol. The van der Waals surface area contributed by atoms with Crippen LogP contribution in [0, 0.1) is 11.7 Å². The van der Waals surface area contributed by atoms with E-state index in [-0.39, 0.29) is 31.4 Å². The molecule has 0 atom stereocenters. The molecule has 0 saturated carbocycles. The van der Waals surface area contributed by atoms with Crippen LogP contribution in [0.2, 0.25) is 0 Å². The maximum Gasteiger partial charge on any atom is 0.266 e. The van der Waals surface area contributed by atoms with Gasteiger partial charge in [0.2, 0.25) is 11.7 Å². The molecule has 1 amide bonds. The molecule has 10 nitrogen and oxygen atoms in total. The third-order valence-electron chi connectivity index (χ3n) is 7.20. The van der Waals surface area contributed by atoms with E-state index in [2.05, 4.69) is 29.9 Å². The van der Waals surface area contributed by atoms with Gasteiger partial charge in [0.25, 0.3) is 6.43 Å². The van der Waals surface area contributed by atoms with Crippen LogP contribution in [-0.4, -0.2) is 83.3 Å². The van der Waals surface area contributed by atoms with E-state index in [1.165, 1.54) is 12.1 Å². The van der Waals surface area contributed by atoms with Gasteiger partial charge < -0.3 is 24.6 Å². The first-order chi connectivity index (χ1) is 19.9. The van der Waals surface area contributed by atoms with Crippen molar-refractivity contribution < 1.29 is 27.4 Å². The minimum Gasteiger partial charge on any atom is -0.385 e. The van der Waals surface area contributed by atoms with Crippen LogP contribution in [-0.2, 0) is 20.8 Å². The van der Waals surface area contributed by atoms with Gasteiger partial charge in [0.1, 0.15) is 17.5 Å². The molecule has 2 aliphatic heterocycles. The Morgan fingerprint density at radius 2 is 1.93 bits per heavy atom. The van der Waals surface area contributed by atoms with E-state index in [1.54, 1.807) is 30.1 Å². The Bertz CT molecular complexity index is 1500. The normalized spacial score (nSPS) is 15.3. The maximum atomic E-state index is 14.6. The fraction of sp³-hybridized carbons (Fsp3) is 0.448. The van der Waals surface area contributed by atoms with Gasteiger partial charge in [-0.05, 0) is 13.0 Å². The van der Waals surface area contributed by atoms with Gasteiger partial charge >= 0.3 is 0 Å². The maximum absolute atomic E-state index is 14.6. The number of hydrogen-bond donors (Lipinski definition) is 1. The van der Waals surface area contributed by atoms with Crippen LogP contribution in [0.1, 0.15) is 31.9 Å². The van der Waals surface area contributed by atoms with Crippen LogP contribution >= 0.6 is 0 Å². The van der Waals surface area contributed by atoms with Crippen molar-refractivity contribution in [2.24, 2.45) is 5.92 Å². The summed E-state index contributed by atoms with van der Waals surface area (Å²) in [5, 5.41) is 3.84. The summed E-state index contributed by atoms with van der Waals surface area (Å²) in [6.07, 6.45) is 2.23. The summed E-state index contributed by atoms with van der Waals surface area (Å²) >= 11 is 0. The Morgan fingerprint density at radius 3 is 2.57 bits per heavy atom. The molecule has 3 aromatic heterocycles. The number of ether oxygens (including phenoxy) is 2.